The number of hydrogen-bond acceptors (Lipinski definition) is 4. The summed E-state index contributed by atoms with van der Waals surface area (Å²) in [5.74, 6) is 1.62. The van der Waals surface area contributed by atoms with Crippen molar-refractivity contribution in [1.29, 1.82) is 0 Å². The molecule has 0 saturated carbocycles. The van der Waals surface area contributed by atoms with Crippen LogP contribution < -0.4 is 4.80 Å². The lowest BCUT2D eigenvalue weighted by Gasteiger charge is -1.98. The highest BCUT2D eigenvalue weighted by atomic mass is 32.1. The fourth-order valence-electron chi connectivity index (χ4n) is 2.01. The lowest BCUT2D eigenvalue weighted by Crippen LogP contribution is -2.12. The Balaban J connectivity index is 1.86. The minimum atomic E-state index is 0.649. The minimum Gasteiger partial charge on any atom is -0.460 e. The van der Waals surface area contributed by atoms with Gasteiger partial charge in [-0.1, -0.05) is 30.3 Å². The first-order valence-electron chi connectivity index (χ1n) is 7.05. The Hall–Kier alpha value is -2.40. The minimum absolute atomic E-state index is 0.649. The molecule has 2 heterocycles. The quantitative estimate of drug-likeness (QED) is 0.677. The summed E-state index contributed by atoms with van der Waals surface area (Å²) >= 11 is 1.59. The van der Waals surface area contributed by atoms with Crippen molar-refractivity contribution in [2.75, 3.05) is 0 Å². The molecule has 1 aromatic carbocycles. The van der Waals surface area contributed by atoms with Gasteiger partial charge in [0.2, 0.25) is 4.80 Å². The van der Waals surface area contributed by atoms with Crippen molar-refractivity contribution in [3.05, 3.63) is 75.4 Å². The van der Waals surface area contributed by atoms with E-state index in [1.807, 2.05) is 48.9 Å². The fourth-order valence-corrected chi connectivity index (χ4v) is 2.82. The molecule has 0 radical (unpaired) electrons. The summed E-state index contributed by atoms with van der Waals surface area (Å²) < 4.78 is 7.34. The van der Waals surface area contributed by atoms with Crippen LogP contribution in [0.2, 0.25) is 0 Å². The van der Waals surface area contributed by atoms with Crippen LogP contribution in [-0.4, -0.2) is 10.9 Å². The Bertz CT molecular complexity index is 840. The van der Waals surface area contributed by atoms with Crippen molar-refractivity contribution in [3.8, 4) is 0 Å². The van der Waals surface area contributed by atoms with E-state index < -0.39 is 0 Å². The standard InChI is InChI=1S/C17H17N3OS/c1-13-12-22-17(18-10-15-6-4-3-5-7-15)20(13)19-11-16-9-8-14(2)21-16/h3-9,11-12H,10H2,1-2H3. The number of thiazole rings is 1. The largest absolute Gasteiger partial charge is 0.460 e. The monoisotopic (exact) mass is 311 g/mol. The molecule has 0 bridgehead atoms. The third-order valence-corrected chi connectivity index (χ3v) is 4.12. The summed E-state index contributed by atoms with van der Waals surface area (Å²) in [7, 11) is 0. The first kappa shape index (κ1) is 14.5. The number of furan rings is 1. The Kier molecular flexibility index (Phi) is 4.34. The van der Waals surface area contributed by atoms with Gasteiger partial charge in [0.05, 0.1) is 18.5 Å². The number of aromatic nitrogens is 1. The molecule has 0 N–H and O–H groups in total. The Morgan fingerprint density at radius 1 is 1.14 bits per heavy atom. The summed E-state index contributed by atoms with van der Waals surface area (Å²) in [6, 6.07) is 14.0. The van der Waals surface area contributed by atoms with E-state index in [0.717, 1.165) is 22.0 Å². The maximum absolute atomic E-state index is 5.50. The van der Waals surface area contributed by atoms with E-state index in [4.69, 9.17) is 4.42 Å². The van der Waals surface area contributed by atoms with Gasteiger partial charge >= 0.3 is 0 Å². The first-order chi connectivity index (χ1) is 10.7. The molecular formula is C17H17N3OS. The molecule has 0 spiro atoms. The first-order valence-corrected chi connectivity index (χ1v) is 7.93. The molecular weight excluding hydrogens is 294 g/mol. The van der Waals surface area contributed by atoms with Crippen LogP contribution in [0, 0.1) is 13.8 Å². The fraction of sp³-hybridized carbons (Fsp3) is 0.176. The van der Waals surface area contributed by atoms with Crippen molar-refractivity contribution in [2.45, 2.75) is 20.4 Å². The molecule has 0 amide bonds. The van der Waals surface area contributed by atoms with Crippen LogP contribution in [0.3, 0.4) is 0 Å². The Labute approximate surface area is 133 Å². The van der Waals surface area contributed by atoms with E-state index in [0.29, 0.717) is 6.54 Å². The van der Waals surface area contributed by atoms with Gasteiger partial charge in [0.1, 0.15) is 11.5 Å². The van der Waals surface area contributed by atoms with E-state index in [1.165, 1.54) is 5.56 Å². The van der Waals surface area contributed by atoms with E-state index >= 15 is 0 Å². The average molecular weight is 311 g/mol. The van der Waals surface area contributed by atoms with Gasteiger partial charge in [-0.3, -0.25) is 4.99 Å². The summed E-state index contributed by atoms with van der Waals surface area (Å²) in [5, 5.41) is 6.53. The third kappa shape index (κ3) is 3.43. The van der Waals surface area contributed by atoms with Crippen LogP contribution >= 0.6 is 11.3 Å². The predicted octanol–water partition coefficient (Wildman–Crippen LogP) is 3.74. The van der Waals surface area contributed by atoms with Crippen molar-refractivity contribution < 1.29 is 4.42 Å². The van der Waals surface area contributed by atoms with Crippen molar-refractivity contribution >= 4 is 17.6 Å². The number of nitrogens with zero attached hydrogens (tertiary/aromatic N) is 3. The zero-order valence-electron chi connectivity index (χ0n) is 12.6. The summed E-state index contributed by atoms with van der Waals surface area (Å²) in [5.41, 5.74) is 2.24. The molecule has 0 aliphatic rings. The highest BCUT2D eigenvalue weighted by Gasteiger charge is 2.00. The second-order valence-corrected chi connectivity index (χ2v) is 5.80. The van der Waals surface area contributed by atoms with Gasteiger partial charge in [-0.15, -0.1) is 11.3 Å². The molecule has 3 rings (SSSR count). The Morgan fingerprint density at radius 3 is 2.68 bits per heavy atom. The number of hydrogen-bond donors (Lipinski definition) is 0. The summed E-state index contributed by atoms with van der Waals surface area (Å²) in [6.07, 6.45) is 1.72. The van der Waals surface area contributed by atoms with Crippen LogP contribution in [0.1, 0.15) is 22.8 Å². The molecule has 22 heavy (non-hydrogen) atoms. The van der Waals surface area contributed by atoms with Crippen molar-refractivity contribution in [2.24, 2.45) is 10.1 Å². The SMILES string of the molecule is Cc1ccc(C=Nn2c(C)csc2=NCc2ccccc2)o1. The Morgan fingerprint density at radius 2 is 1.95 bits per heavy atom. The molecule has 2 aromatic heterocycles. The molecule has 5 heteroatoms. The van der Waals surface area contributed by atoms with Crippen LogP contribution in [0.4, 0.5) is 0 Å². The zero-order chi connectivity index (χ0) is 15.4. The van der Waals surface area contributed by atoms with Crippen molar-refractivity contribution in [3.63, 3.8) is 0 Å². The van der Waals surface area contributed by atoms with Gasteiger partial charge < -0.3 is 4.42 Å². The summed E-state index contributed by atoms with van der Waals surface area (Å²) in [4.78, 5) is 5.53. The van der Waals surface area contributed by atoms with Crippen molar-refractivity contribution in [1.82, 2.24) is 4.68 Å². The number of benzene rings is 1. The topological polar surface area (TPSA) is 42.8 Å². The van der Waals surface area contributed by atoms with E-state index in [2.05, 4.69) is 27.6 Å². The normalized spacial score (nSPS) is 12.4. The van der Waals surface area contributed by atoms with Crippen LogP contribution in [-0.2, 0) is 6.54 Å². The second kappa shape index (κ2) is 6.58. The molecule has 0 aliphatic carbocycles. The van der Waals surface area contributed by atoms with Crippen LogP contribution in [0.15, 0.2) is 62.4 Å². The maximum Gasteiger partial charge on any atom is 0.206 e. The van der Waals surface area contributed by atoms with Gasteiger partial charge in [0, 0.05) is 5.38 Å². The highest BCUT2D eigenvalue weighted by molar-refractivity contribution is 7.07. The average Bonchev–Trinajstić information content (AvgIpc) is 3.10. The van der Waals surface area contributed by atoms with E-state index in [9.17, 15) is 0 Å². The maximum atomic E-state index is 5.50. The molecule has 0 saturated heterocycles. The predicted molar refractivity (Wildman–Crippen MR) is 89.2 cm³/mol. The lowest BCUT2D eigenvalue weighted by molar-refractivity contribution is 0.527. The molecule has 112 valence electrons. The van der Waals surface area contributed by atoms with Gasteiger partial charge in [-0.2, -0.15) is 5.10 Å². The molecule has 0 aliphatic heterocycles. The zero-order valence-corrected chi connectivity index (χ0v) is 13.4. The molecule has 0 fully saturated rings. The number of rotatable bonds is 4. The second-order valence-electron chi connectivity index (χ2n) is 4.97. The lowest BCUT2D eigenvalue weighted by atomic mass is 10.2. The number of aryl methyl sites for hydroxylation is 2. The smallest absolute Gasteiger partial charge is 0.206 e. The van der Waals surface area contributed by atoms with Gasteiger partial charge in [-0.25, -0.2) is 4.68 Å². The molecule has 0 atom stereocenters. The van der Waals surface area contributed by atoms with Crippen LogP contribution in [0.25, 0.3) is 0 Å². The van der Waals surface area contributed by atoms with Gasteiger partial charge in [0.25, 0.3) is 0 Å². The third-order valence-electron chi connectivity index (χ3n) is 3.15. The van der Waals surface area contributed by atoms with E-state index in [1.54, 1.807) is 17.6 Å². The van der Waals surface area contributed by atoms with Gasteiger partial charge in [0.15, 0.2) is 0 Å². The highest BCUT2D eigenvalue weighted by Crippen LogP contribution is 2.05. The van der Waals surface area contributed by atoms with Crippen LogP contribution in [0.5, 0.6) is 0 Å². The van der Waals surface area contributed by atoms with E-state index in [-0.39, 0.29) is 0 Å². The van der Waals surface area contributed by atoms with Gasteiger partial charge in [-0.05, 0) is 31.5 Å². The molecule has 3 aromatic rings. The molecule has 4 nitrogen and oxygen atoms in total. The molecule has 0 unspecified atom stereocenters. The summed E-state index contributed by atoms with van der Waals surface area (Å²) in [6.45, 7) is 4.58.